The monoisotopic (exact) mass is 166 g/mol. The second-order valence-corrected chi connectivity index (χ2v) is 2.56. The second kappa shape index (κ2) is 3.77. The smallest absolute Gasteiger partial charge is 0.219 e. The Hall–Kier alpha value is -1.50. The van der Waals surface area contributed by atoms with E-state index in [1.54, 1.807) is 6.08 Å². The number of nitriles is 1. The van der Waals surface area contributed by atoms with E-state index in [-0.39, 0.29) is 12.1 Å². The third-order valence-electron chi connectivity index (χ3n) is 1.50. The summed E-state index contributed by atoms with van der Waals surface area (Å²) >= 11 is 0. The highest BCUT2D eigenvalue weighted by Crippen LogP contribution is 2.13. The van der Waals surface area contributed by atoms with Crippen LogP contribution in [0.15, 0.2) is 11.8 Å². The van der Waals surface area contributed by atoms with Gasteiger partial charge in [-0.2, -0.15) is 5.26 Å². The number of nitrogens with one attached hydrogen (secondary N) is 1. The fraction of sp³-hybridized carbons (Fsp3) is 0.500. The van der Waals surface area contributed by atoms with E-state index in [1.807, 2.05) is 6.07 Å². The fourth-order valence-electron chi connectivity index (χ4n) is 1.03. The summed E-state index contributed by atoms with van der Waals surface area (Å²) in [6.07, 6.45) is 2.89. The molecule has 1 aliphatic heterocycles. The molecule has 0 spiro atoms. The molecular weight excluding hydrogens is 156 g/mol. The Kier molecular flexibility index (Phi) is 2.70. The van der Waals surface area contributed by atoms with Crippen LogP contribution in [0.2, 0.25) is 0 Å². The SMILES string of the molecule is CC(=O)NC1CCC=C(C#N)O1. The van der Waals surface area contributed by atoms with E-state index in [4.69, 9.17) is 10.00 Å². The zero-order chi connectivity index (χ0) is 8.97. The fourth-order valence-corrected chi connectivity index (χ4v) is 1.03. The van der Waals surface area contributed by atoms with Gasteiger partial charge in [0, 0.05) is 13.3 Å². The Morgan fingerprint density at radius 1 is 1.92 bits per heavy atom. The van der Waals surface area contributed by atoms with Crippen LogP contribution >= 0.6 is 0 Å². The van der Waals surface area contributed by atoms with Gasteiger partial charge in [0.05, 0.1) is 0 Å². The van der Waals surface area contributed by atoms with Gasteiger partial charge in [-0.15, -0.1) is 0 Å². The molecule has 0 aromatic rings. The van der Waals surface area contributed by atoms with Crippen LogP contribution < -0.4 is 5.32 Å². The Morgan fingerprint density at radius 3 is 3.25 bits per heavy atom. The summed E-state index contributed by atoms with van der Waals surface area (Å²) in [6.45, 7) is 1.42. The van der Waals surface area contributed by atoms with Crippen molar-refractivity contribution in [3.05, 3.63) is 11.8 Å². The molecule has 1 atom stereocenters. The quantitative estimate of drug-likeness (QED) is 0.622. The number of allylic oxidation sites excluding steroid dienone is 2. The number of nitrogens with zero attached hydrogens (tertiary/aromatic N) is 1. The lowest BCUT2D eigenvalue weighted by Crippen LogP contribution is -2.36. The van der Waals surface area contributed by atoms with Gasteiger partial charge in [-0.25, -0.2) is 0 Å². The normalized spacial score (nSPS) is 21.7. The van der Waals surface area contributed by atoms with Crippen molar-refractivity contribution in [3.8, 4) is 6.07 Å². The summed E-state index contributed by atoms with van der Waals surface area (Å²) in [7, 11) is 0. The van der Waals surface area contributed by atoms with E-state index in [0.717, 1.165) is 12.8 Å². The number of amides is 1. The van der Waals surface area contributed by atoms with Crippen LogP contribution in [0.5, 0.6) is 0 Å². The van der Waals surface area contributed by atoms with Crippen molar-refractivity contribution in [1.82, 2.24) is 5.32 Å². The maximum absolute atomic E-state index is 10.6. The van der Waals surface area contributed by atoms with Gasteiger partial charge in [0.2, 0.25) is 5.91 Å². The van der Waals surface area contributed by atoms with Crippen molar-refractivity contribution in [2.45, 2.75) is 26.0 Å². The van der Waals surface area contributed by atoms with Crippen molar-refractivity contribution in [3.63, 3.8) is 0 Å². The van der Waals surface area contributed by atoms with Crippen molar-refractivity contribution < 1.29 is 9.53 Å². The van der Waals surface area contributed by atoms with Crippen LogP contribution in [0, 0.1) is 11.3 Å². The van der Waals surface area contributed by atoms with Crippen molar-refractivity contribution in [1.29, 1.82) is 5.26 Å². The highest BCUT2D eigenvalue weighted by molar-refractivity contribution is 5.73. The molecule has 0 aliphatic carbocycles. The van der Waals surface area contributed by atoms with E-state index in [0.29, 0.717) is 5.76 Å². The average molecular weight is 166 g/mol. The first-order chi connectivity index (χ1) is 5.72. The first-order valence-electron chi connectivity index (χ1n) is 3.76. The number of rotatable bonds is 1. The van der Waals surface area contributed by atoms with Gasteiger partial charge in [0.25, 0.3) is 0 Å². The molecule has 4 nitrogen and oxygen atoms in total. The minimum Gasteiger partial charge on any atom is -0.461 e. The molecule has 0 saturated carbocycles. The largest absolute Gasteiger partial charge is 0.461 e. The van der Waals surface area contributed by atoms with Crippen LogP contribution in [0.3, 0.4) is 0 Å². The van der Waals surface area contributed by atoms with Gasteiger partial charge in [0.15, 0.2) is 12.0 Å². The predicted octanol–water partition coefficient (Wildman–Crippen LogP) is 0.666. The lowest BCUT2D eigenvalue weighted by Gasteiger charge is -2.21. The number of carbonyl (C=O) groups excluding carboxylic acids is 1. The molecule has 0 aromatic carbocycles. The lowest BCUT2D eigenvalue weighted by atomic mass is 10.2. The van der Waals surface area contributed by atoms with E-state index >= 15 is 0 Å². The van der Waals surface area contributed by atoms with Gasteiger partial charge in [-0.3, -0.25) is 4.79 Å². The molecule has 1 aliphatic rings. The van der Waals surface area contributed by atoms with Crippen LogP contribution in [0.1, 0.15) is 19.8 Å². The van der Waals surface area contributed by atoms with Crippen LogP contribution in [0.4, 0.5) is 0 Å². The topological polar surface area (TPSA) is 62.1 Å². The predicted molar refractivity (Wildman–Crippen MR) is 41.6 cm³/mol. The van der Waals surface area contributed by atoms with E-state index in [9.17, 15) is 4.79 Å². The second-order valence-electron chi connectivity index (χ2n) is 2.56. The third kappa shape index (κ3) is 2.27. The Morgan fingerprint density at radius 2 is 2.67 bits per heavy atom. The molecule has 1 unspecified atom stereocenters. The molecule has 64 valence electrons. The van der Waals surface area contributed by atoms with Crippen LogP contribution in [-0.2, 0) is 9.53 Å². The minimum atomic E-state index is -0.331. The zero-order valence-electron chi connectivity index (χ0n) is 6.83. The molecule has 1 heterocycles. The van der Waals surface area contributed by atoms with Gasteiger partial charge in [0.1, 0.15) is 6.07 Å². The number of hydrogen-bond acceptors (Lipinski definition) is 3. The van der Waals surface area contributed by atoms with Gasteiger partial charge >= 0.3 is 0 Å². The van der Waals surface area contributed by atoms with Gasteiger partial charge < -0.3 is 10.1 Å². The standard InChI is InChI=1S/C8H10N2O2/c1-6(11)10-8-4-2-3-7(5-9)12-8/h3,8H,2,4H2,1H3,(H,10,11). The average Bonchev–Trinajstić information content (AvgIpc) is 2.03. The Balaban J connectivity index is 2.47. The van der Waals surface area contributed by atoms with Crippen LogP contribution in [0.25, 0.3) is 0 Å². The molecule has 0 radical (unpaired) electrons. The molecule has 1 N–H and O–H groups in total. The summed E-state index contributed by atoms with van der Waals surface area (Å²) in [6, 6.07) is 1.89. The maximum Gasteiger partial charge on any atom is 0.219 e. The number of ether oxygens (including phenoxy) is 1. The molecule has 1 amide bonds. The van der Waals surface area contributed by atoms with E-state index in [2.05, 4.69) is 5.32 Å². The summed E-state index contributed by atoms with van der Waals surface area (Å²) in [5, 5.41) is 11.1. The Bertz CT molecular complexity index is 252. The van der Waals surface area contributed by atoms with Crippen molar-refractivity contribution >= 4 is 5.91 Å². The first kappa shape index (κ1) is 8.60. The molecular formula is C8H10N2O2. The summed E-state index contributed by atoms with van der Waals surface area (Å²) in [4.78, 5) is 10.6. The molecule has 1 rings (SSSR count). The third-order valence-corrected chi connectivity index (χ3v) is 1.50. The first-order valence-corrected chi connectivity index (χ1v) is 3.76. The zero-order valence-corrected chi connectivity index (χ0v) is 6.83. The van der Waals surface area contributed by atoms with Gasteiger partial charge in [-0.05, 0) is 12.5 Å². The molecule has 0 fully saturated rings. The Labute approximate surface area is 70.8 Å². The summed E-state index contributed by atoms with van der Waals surface area (Å²) in [5.74, 6) is 0.152. The number of hydrogen-bond donors (Lipinski definition) is 1. The molecule has 0 aromatic heterocycles. The molecule has 12 heavy (non-hydrogen) atoms. The lowest BCUT2D eigenvalue weighted by molar-refractivity contribution is -0.122. The van der Waals surface area contributed by atoms with E-state index in [1.165, 1.54) is 6.92 Å². The molecule has 4 heteroatoms. The highest BCUT2D eigenvalue weighted by atomic mass is 16.5. The summed E-state index contributed by atoms with van der Waals surface area (Å²) < 4.78 is 5.11. The highest BCUT2D eigenvalue weighted by Gasteiger charge is 2.15. The number of carbonyl (C=O) groups is 1. The van der Waals surface area contributed by atoms with Crippen molar-refractivity contribution in [2.24, 2.45) is 0 Å². The molecule has 0 saturated heterocycles. The van der Waals surface area contributed by atoms with Gasteiger partial charge in [-0.1, -0.05) is 0 Å². The minimum absolute atomic E-state index is 0.140. The summed E-state index contributed by atoms with van der Waals surface area (Å²) in [5.41, 5.74) is 0. The molecule has 0 bridgehead atoms. The van der Waals surface area contributed by atoms with Crippen molar-refractivity contribution in [2.75, 3.05) is 0 Å². The maximum atomic E-state index is 10.6. The van der Waals surface area contributed by atoms with Crippen LogP contribution in [-0.4, -0.2) is 12.1 Å². The van der Waals surface area contributed by atoms with E-state index < -0.39 is 0 Å².